The lowest BCUT2D eigenvalue weighted by Gasteiger charge is -2.11. The van der Waals surface area contributed by atoms with Crippen LogP contribution in [0.2, 0.25) is 0 Å². The highest BCUT2D eigenvalue weighted by atomic mass is 32.2. The summed E-state index contributed by atoms with van der Waals surface area (Å²) in [7, 11) is -8.26. The normalized spacial score (nSPS) is 11.1. The van der Waals surface area contributed by atoms with Crippen molar-refractivity contribution < 1.29 is 45.5 Å². The molecule has 0 atom stereocenters. The van der Waals surface area contributed by atoms with Crippen molar-refractivity contribution in [2.75, 3.05) is 23.8 Å². The molecule has 4 amide bonds. The molecule has 0 aliphatic carbocycles. The second-order valence-corrected chi connectivity index (χ2v) is 13.7. The summed E-state index contributed by atoms with van der Waals surface area (Å²) in [4.78, 5) is 49.7. The summed E-state index contributed by atoms with van der Waals surface area (Å²) < 4.78 is 64.5. The maximum Gasteiger partial charge on any atom is 0.338 e. The van der Waals surface area contributed by atoms with Gasteiger partial charge >= 0.3 is 24.0 Å². The minimum Gasteiger partial charge on any atom is -0.462 e. The maximum absolute atomic E-state index is 12.6. The van der Waals surface area contributed by atoms with Crippen molar-refractivity contribution in [1.29, 1.82) is 0 Å². The second kappa shape index (κ2) is 15.9. The van der Waals surface area contributed by atoms with Crippen LogP contribution in [-0.2, 0) is 29.5 Å². The number of sulfonamides is 2. The molecule has 256 valence electrons. The Kier molecular flexibility index (Phi) is 11.7. The first-order valence-electron chi connectivity index (χ1n) is 14.6. The van der Waals surface area contributed by atoms with Gasteiger partial charge in [0.15, 0.2) is 0 Å². The summed E-state index contributed by atoms with van der Waals surface area (Å²) in [5.74, 6) is -1.46. The number of hydrogen-bond acceptors (Lipinski definition) is 10. The van der Waals surface area contributed by atoms with E-state index in [0.29, 0.717) is 11.1 Å². The van der Waals surface area contributed by atoms with E-state index < -0.39 is 44.0 Å². The van der Waals surface area contributed by atoms with Crippen LogP contribution in [0.4, 0.5) is 21.0 Å². The van der Waals surface area contributed by atoms with E-state index in [9.17, 15) is 36.0 Å². The topological polar surface area (TPSA) is 203 Å². The summed E-state index contributed by atoms with van der Waals surface area (Å²) in [5.41, 5.74) is 1.36. The molecule has 4 rings (SSSR count). The minimum atomic E-state index is -4.13. The van der Waals surface area contributed by atoms with Gasteiger partial charge in [-0.2, -0.15) is 0 Å². The predicted octanol–water partition coefficient (Wildman–Crippen LogP) is 4.73. The quantitative estimate of drug-likeness (QED) is 0.118. The SMILES string of the molecule is Cc1ccccc1S(=O)(=O)NC(=O)Nc1cccc(C(=O)OCCCOC(=O)c2cccc(NC(=O)NS(=O)(=O)c3ccccc3C)c2)c1. The molecule has 4 aromatic carbocycles. The number of aryl methyl sites for hydroxylation is 2. The van der Waals surface area contributed by atoms with Gasteiger partial charge < -0.3 is 20.1 Å². The van der Waals surface area contributed by atoms with Gasteiger partial charge in [-0.3, -0.25) is 0 Å². The van der Waals surface area contributed by atoms with Crippen molar-refractivity contribution in [2.24, 2.45) is 0 Å². The van der Waals surface area contributed by atoms with Crippen LogP contribution in [0.5, 0.6) is 0 Å². The number of ether oxygens (including phenoxy) is 2. The standard InChI is InChI=1S/C33H32N4O10S2/c1-22-10-3-5-16-28(22)48(42,43)36-32(40)34-26-14-7-12-24(20-26)30(38)46-18-9-19-47-31(39)25-13-8-15-27(21-25)35-33(41)37-49(44,45)29-17-6-4-11-23(29)2/h3-8,10-17,20-21H,9,18-19H2,1-2H3,(H2,34,36,40)(H2,35,37,41). The molecule has 0 saturated carbocycles. The van der Waals surface area contributed by atoms with Gasteiger partial charge in [0.05, 0.1) is 34.1 Å². The lowest BCUT2D eigenvalue weighted by atomic mass is 10.2. The van der Waals surface area contributed by atoms with Crippen molar-refractivity contribution >= 4 is 55.4 Å². The van der Waals surface area contributed by atoms with E-state index in [2.05, 4.69) is 10.6 Å². The zero-order valence-corrected chi connectivity index (χ0v) is 27.9. The highest BCUT2D eigenvalue weighted by Crippen LogP contribution is 2.17. The molecular formula is C33H32N4O10S2. The van der Waals surface area contributed by atoms with Gasteiger partial charge in [0.2, 0.25) is 0 Å². The Balaban J connectivity index is 1.21. The lowest BCUT2D eigenvalue weighted by molar-refractivity contribution is 0.0395. The van der Waals surface area contributed by atoms with Crippen molar-refractivity contribution in [1.82, 2.24) is 9.44 Å². The Hall–Kier alpha value is -5.74. The van der Waals surface area contributed by atoms with E-state index >= 15 is 0 Å². The van der Waals surface area contributed by atoms with E-state index in [1.807, 2.05) is 9.44 Å². The molecule has 0 unspecified atom stereocenters. The molecular weight excluding hydrogens is 677 g/mol. The highest BCUT2D eigenvalue weighted by Gasteiger charge is 2.21. The van der Waals surface area contributed by atoms with E-state index in [0.717, 1.165) is 0 Å². The predicted molar refractivity (Wildman–Crippen MR) is 179 cm³/mol. The van der Waals surface area contributed by atoms with Gasteiger partial charge in [0, 0.05) is 17.8 Å². The number of hydrogen-bond donors (Lipinski definition) is 4. The zero-order valence-electron chi connectivity index (χ0n) is 26.3. The van der Waals surface area contributed by atoms with Crippen LogP contribution in [0.1, 0.15) is 38.3 Å². The van der Waals surface area contributed by atoms with Crippen LogP contribution < -0.4 is 20.1 Å². The number of nitrogens with one attached hydrogen (secondary N) is 4. The molecule has 0 spiro atoms. The van der Waals surface area contributed by atoms with Crippen LogP contribution in [0.25, 0.3) is 0 Å². The Morgan fingerprint density at radius 1 is 0.551 bits per heavy atom. The maximum atomic E-state index is 12.6. The highest BCUT2D eigenvalue weighted by molar-refractivity contribution is 7.90. The van der Waals surface area contributed by atoms with Crippen molar-refractivity contribution in [3.05, 3.63) is 119 Å². The number of rotatable bonds is 12. The number of esters is 2. The Labute approximate surface area is 282 Å². The Bertz CT molecular complexity index is 1950. The average molecular weight is 709 g/mol. The Morgan fingerprint density at radius 3 is 1.33 bits per heavy atom. The van der Waals surface area contributed by atoms with Gasteiger partial charge in [-0.15, -0.1) is 0 Å². The molecule has 0 saturated heterocycles. The molecule has 0 bridgehead atoms. The largest absolute Gasteiger partial charge is 0.462 e. The number of benzene rings is 4. The third-order valence-corrected chi connectivity index (χ3v) is 9.67. The monoisotopic (exact) mass is 708 g/mol. The fraction of sp³-hybridized carbons (Fsp3) is 0.152. The number of urea groups is 2. The zero-order chi connectivity index (χ0) is 35.6. The molecule has 16 heteroatoms. The van der Waals surface area contributed by atoms with Crippen LogP contribution in [-0.4, -0.2) is 54.1 Å². The van der Waals surface area contributed by atoms with E-state index in [-0.39, 0.29) is 51.9 Å². The molecule has 0 heterocycles. The summed E-state index contributed by atoms with van der Waals surface area (Å²) in [5, 5.41) is 4.74. The number of anilines is 2. The second-order valence-electron chi connectivity index (χ2n) is 10.4. The van der Waals surface area contributed by atoms with Gasteiger partial charge in [-0.25, -0.2) is 45.5 Å². The minimum absolute atomic E-state index is 0.0487. The van der Waals surface area contributed by atoms with Crippen LogP contribution in [0.3, 0.4) is 0 Å². The first-order chi connectivity index (χ1) is 23.2. The molecule has 0 aliphatic rings. The van der Waals surface area contributed by atoms with E-state index in [1.54, 1.807) is 38.1 Å². The summed E-state index contributed by atoms with van der Waals surface area (Å²) in [6.07, 6.45) is 0.145. The average Bonchev–Trinajstić information content (AvgIpc) is 3.04. The molecule has 0 fully saturated rings. The molecule has 0 aliphatic heterocycles. The van der Waals surface area contributed by atoms with Gasteiger partial charge in [-0.05, 0) is 73.5 Å². The van der Waals surface area contributed by atoms with Crippen molar-refractivity contribution in [2.45, 2.75) is 30.1 Å². The fourth-order valence-electron chi connectivity index (χ4n) is 4.39. The molecule has 14 nitrogen and oxygen atoms in total. The molecule has 0 aromatic heterocycles. The summed E-state index contributed by atoms with van der Waals surface area (Å²) in [6.45, 7) is 2.96. The first-order valence-corrected chi connectivity index (χ1v) is 17.5. The van der Waals surface area contributed by atoms with Crippen LogP contribution in [0, 0.1) is 13.8 Å². The molecule has 4 aromatic rings. The Morgan fingerprint density at radius 2 is 0.939 bits per heavy atom. The van der Waals surface area contributed by atoms with Gasteiger partial charge in [0.1, 0.15) is 0 Å². The van der Waals surface area contributed by atoms with Gasteiger partial charge in [-0.1, -0.05) is 48.5 Å². The molecule has 4 N–H and O–H groups in total. The first kappa shape index (κ1) is 36.1. The third-order valence-electron chi connectivity index (χ3n) is 6.69. The van der Waals surface area contributed by atoms with Gasteiger partial charge in [0.25, 0.3) is 20.0 Å². The lowest BCUT2D eigenvalue weighted by Crippen LogP contribution is -2.34. The third kappa shape index (κ3) is 10.1. The molecule has 49 heavy (non-hydrogen) atoms. The van der Waals surface area contributed by atoms with Crippen LogP contribution >= 0.6 is 0 Å². The number of carbonyl (C=O) groups excluding carboxylic acids is 4. The summed E-state index contributed by atoms with van der Waals surface area (Å²) in [6, 6.07) is 21.6. The number of carbonyl (C=O) groups is 4. The fourth-order valence-corrected chi connectivity index (χ4v) is 6.70. The van der Waals surface area contributed by atoms with Crippen molar-refractivity contribution in [3.8, 4) is 0 Å². The molecule has 0 radical (unpaired) electrons. The van der Waals surface area contributed by atoms with E-state index in [4.69, 9.17) is 9.47 Å². The van der Waals surface area contributed by atoms with Crippen LogP contribution in [0.15, 0.2) is 107 Å². The number of amides is 4. The van der Waals surface area contributed by atoms with E-state index in [1.165, 1.54) is 72.8 Å². The summed E-state index contributed by atoms with van der Waals surface area (Å²) >= 11 is 0. The van der Waals surface area contributed by atoms with Crippen molar-refractivity contribution in [3.63, 3.8) is 0 Å². The smallest absolute Gasteiger partial charge is 0.338 e.